The van der Waals surface area contributed by atoms with Crippen LogP contribution in [0.15, 0.2) is 0 Å². The Hall–Kier alpha value is -0.570. The number of ether oxygens (including phenoxy) is 1. The quantitative estimate of drug-likeness (QED) is 0.628. The van der Waals surface area contributed by atoms with Crippen LogP contribution in [0.5, 0.6) is 0 Å². The highest BCUT2D eigenvalue weighted by Gasteiger charge is 2.25. The fourth-order valence-corrected chi connectivity index (χ4v) is 1.66. The van der Waals surface area contributed by atoms with Gasteiger partial charge in [0, 0.05) is 6.04 Å². The summed E-state index contributed by atoms with van der Waals surface area (Å²) < 4.78 is 4.69. The van der Waals surface area contributed by atoms with Gasteiger partial charge in [-0.15, -0.1) is 0 Å². The topological polar surface area (TPSA) is 38.3 Å². The second-order valence-corrected chi connectivity index (χ2v) is 3.37. The monoisotopic (exact) mass is 171 g/mol. The maximum atomic E-state index is 11.1. The lowest BCUT2D eigenvalue weighted by Crippen LogP contribution is -2.42. The molecule has 1 fully saturated rings. The van der Waals surface area contributed by atoms with Crippen LogP contribution in [0.1, 0.15) is 26.2 Å². The Morgan fingerprint density at radius 2 is 2.33 bits per heavy atom. The van der Waals surface area contributed by atoms with Crippen LogP contribution < -0.4 is 5.32 Å². The van der Waals surface area contributed by atoms with Gasteiger partial charge in [0.15, 0.2) is 0 Å². The minimum atomic E-state index is -0.102. The molecule has 0 aliphatic carbocycles. The van der Waals surface area contributed by atoms with E-state index in [1.807, 2.05) is 6.92 Å². The first-order valence-electron chi connectivity index (χ1n) is 4.57. The van der Waals surface area contributed by atoms with E-state index in [-0.39, 0.29) is 11.9 Å². The van der Waals surface area contributed by atoms with Crippen LogP contribution in [0.25, 0.3) is 0 Å². The van der Waals surface area contributed by atoms with E-state index < -0.39 is 0 Å². The van der Waals surface area contributed by atoms with Crippen molar-refractivity contribution in [3.05, 3.63) is 0 Å². The molecule has 0 spiro atoms. The number of esters is 1. The molecule has 0 aromatic heterocycles. The molecule has 1 aliphatic rings. The van der Waals surface area contributed by atoms with E-state index in [1.165, 1.54) is 20.0 Å². The lowest BCUT2D eigenvalue weighted by molar-refractivity contribution is -0.146. The first-order valence-corrected chi connectivity index (χ1v) is 4.57. The lowest BCUT2D eigenvalue weighted by atomic mass is 9.94. The Morgan fingerprint density at radius 1 is 1.58 bits per heavy atom. The summed E-state index contributed by atoms with van der Waals surface area (Å²) in [7, 11) is 1.45. The molecule has 0 bridgehead atoms. The number of rotatable bonds is 2. The fraction of sp³-hybridized carbons (Fsp3) is 0.889. The molecule has 0 unspecified atom stereocenters. The Balaban J connectivity index is 2.39. The van der Waals surface area contributed by atoms with Gasteiger partial charge in [-0.3, -0.25) is 4.79 Å². The maximum absolute atomic E-state index is 11.1. The van der Waals surface area contributed by atoms with Crippen molar-refractivity contribution in [2.75, 3.05) is 13.7 Å². The molecule has 3 heteroatoms. The highest BCUT2D eigenvalue weighted by molar-refractivity contribution is 5.72. The second-order valence-electron chi connectivity index (χ2n) is 3.37. The molecule has 70 valence electrons. The average Bonchev–Trinajstić information content (AvgIpc) is 2.17. The molecule has 0 radical (unpaired) electrons. The van der Waals surface area contributed by atoms with Crippen LogP contribution >= 0.6 is 0 Å². The van der Waals surface area contributed by atoms with Gasteiger partial charge in [-0.2, -0.15) is 0 Å². The molecular weight excluding hydrogens is 154 g/mol. The Bertz CT molecular complexity index is 153. The normalized spacial score (nSPS) is 26.3. The summed E-state index contributed by atoms with van der Waals surface area (Å²) >= 11 is 0. The van der Waals surface area contributed by atoms with Crippen LogP contribution in [-0.4, -0.2) is 25.7 Å². The highest BCUT2D eigenvalue weighted by Crippen LogP contribution is 2.15. The van der Waals surface area contributed by atoms with Crippen molar-refractivity contribution in [1.29, 1.82) is 0 Å². The lowest BCUT2D eigenvalue weighted by Gasteiger charge is -2.27. The van der Waals surface area contributed by atoms with E-state index in [9.17, 15) is 4.79 Å². The van der Waals surface area contributed by atoms with Crippen LogP contribution in [0.3, 0.4) is 0 Å². The van der Waals surface area contributed by atoms with Crippen molar-refractivity contribution in [1.82, 2.24) is 5.32 Å². The van der Waals surface area contributed by atoms with Crippen molar-refractivity contribution in [3.8, 4) is 0 Å². The number of hydrogen-bond acceptors (Lipinski definition) is 3. The summed E-state index contributed by atoms with van der Waals surface area (Å²) in [5, 5.41) is 3.33. The van der Waals surface area contributed by atoms with Gasteiger partial charge in [-0.1, -0.05) is 13.3 Å². The van der Waals surface area contributed by atoms with Gasteiger partial charge in [-0.05, 0) is 19.4 Å². The van der Waals surface area contributed by atoms with Gasteiger partial charge in [0.2, 0.25) is 0 Å². The van der Waals surface area contributed by atoms with E-state index in [1.54, 1.807) is 0 Å². The summed E-state index contributed by atoms with van der Waals surface area (Å²) in [4.78, 5) is 11.1. The number of nitrogens with one attached hydrogen (secondary N) is 1. The van der Waals surface area contributed by atoms with Crippen LogP contribution in [0.4, 0.5) is 0 Å². The van der Waals surface area contributed by atoms with E-state index in [2.05, 4.69) is 10.1 Å². The molecule has 12 heavy (non-hydrogen) atoms. The predicted octanol–water partition coefficient (Wildman–Crippen LogP) is 0.938. The molecule has 0 amide bonds. The van der Waals surface area contributed by atoms with Crippen molar-refractivity contribution in [2.24, 2.45) is 5.92 Å². The van der Waals surface area contributed by atoms with Gasteiger partial charge < -0.3 is 10.1 Å². The predicted molar refractivity (Wildman–Crippen MR) is 46.8 cm³/mol. The fourth-order valence-electron chi connectivity index (χ4n) is 1.66. The number of carbonyl (C=O) groups is 1. The Morgan fingerprint density at radius 3 is 2.83 bits per heavy atom. The van der Waals surface area contributed by atoms with Crippen molar-refractivity contribution >= 4 is 5.97 Å². The summed E-state index contributed by atoms with van der Waals surface area (Å²) in [6.07, 6.45) is 3.54. The average molecular weight is 171 g/mol. The third-order valence-electron chi connectivity index (χ3n) is 2.52. The zero-order chi connectivity index (χ0) is 8.97. The first-order chi connectivity index (χ1) is 5.75. The number of hydrogen-bond donors (Lipinski definition) is 1. The third-order valence-corrected chi connectivity index (χ3v) is 2.52. The highest BCUT2D eigenvalue weighted by atomic mass is 16.5. The van der Waals surface area contributed by atoms with E-state index >= 15 is 0 Å². The SMILES string of the molecule is COC(=O)[C@H](C)[C@H]1CCCCN1. The van der Waals surface area contributed by atoms with Gasteiger partial charge in [0.1, 0.15) is 0 Å². The van der Waals surface area contributed by atoms with Gasteiger partial charge in [0.25, 0.3) is 0 Å². The standard InChI is InChI=1S/C9H17NO2/c1-7(9(11)12-2)8-5-3-4-6-10-8/h7-8,10H,3-6H2,1-2H3/t7-,8-/m1/s1. The minimum absolute atomic E-state index is 0.00435. The van der Waals surface area contributed by atoms with Crippen LogP contribution in [0, 0.1) is 5.92 Å². The molecule has 1 rings (SSSR count). The molecular formula is C9H17NO2. The zero-order valence-corrected chi connectivity index (χ0v) is 7.80. The molecule has 0 saturated carbocycles. The van der Waals surface area contributed by atoms with Crippen LogP contribution in [0.2, 0.25) is 0 Å². The summed E-state index contributed by atoms with van der Waals surface area (Å²) in [6.45, 7) is 2.96. The van der Waals surface area contributed by atoms with Gasteiger partial charge in [0.05, 0.1) is 13.0 Å². The summed E-state index contributed by atoms with van der Waals surface area (Å²) in [6, 6.07) is 0.325. The molecule has 1 N–H and O–H groups in total. The first kappa shape index (κ1) is 9.52. The third kappa shape index (κ3) is 2.21. The smallest absolute Gasteiger partial charge is 0.309 e. The summed E-state index contributed by atoms with van der Waals surface area (Å²) in [5.41, 5.74) is 0. The van der Waals surface area contributed by atoms with Crippen LogP contribution in [-0.2, 0) is 9.53 Å². The molecule has 1 saturated heterocycles. The van der Waals surface area contributed by atoms with Crippen molar-refractivity contribution in [2.45, 2.75) is 32.2 Å². The number of piperidine rings is 1. The van der Waals surface area contributed by atoms with Gasteiger partial charge in [-0.25, -0.2) is 0 Å². The maximum Gasteiger partial charge on any atom is 0.309 e. The largest absolute Gasteiger partial charge is 0.469 e. The second kappa shape index (κ2) is 4.45. The molecule has 0 aromatic carbocycles. The summed E-state index contributed by atoms with van der Waals surface area (Å²) in [5.74, 6) is -0.107. The van der Waals surface area contributed by atoms with Crippen molar-refractivity contribution in [3.63, 3.8) is 0 Å². The molecule has 2 atom stereocenters. The minimum Gasteiger partial charge on any atom is -0.469 e. The van der Waals surface area contributed by atoms with E-state index in [0.717, 1.165) is 13.0 Å². The molecule has 1 aliphatic heterocycles. The number of methoxy groups -OCH3 is 1. The van der Waals surface area contributed by atoms with Crippen molar-refractivity contribution < 1.29 is 9.53 Å². The zero-order valence-electron chi connectivity index (χ0n) is 7.80. The molecule has 3 nitrogen and oxygen atoms in total. The van der Waals surface area contributed by atoms with E-state index in [0.29, 0.717) is 6.04 Å². The molecule has 0 aromatic rings. The number of carbonyl (C=O) groups excluding carboxylic acids is 1. The Labute approximate surface area is 73.5 Å². The molecule has 1 heterocycles. The van der Waals surface area contributed by atoms with E-state index in [4.69, 9.17) is 0 Å². The Kier molecular flexibility index (Phi) is 3.53. The van der Waals surface area contributed by atoms with Gasteiger partial charge >= 0.3 is 5.97 Å².